The second kappa shape index (κ2) is 5.02. The third-order valence-corrected chi connectivity index (χ3v) is 5.37. The number of piperazine rings is 1. The van der Waals surface area contributed by atoms with E-state index in [9.17, 15) is 9.59 Å². The lowest BCUT2D eigenvalue weighted by Crippen LogP contribution is -2.74. The molecule has 5 heteroatoms. The molecule has 3 atom stereocenters. The molecule has 0 spiro atoms. The van der Waals surface area contributed by atoms with Gasteiger partial charge in [-0.2, -0.15) is 0 Å². The highest BCUT2D eigenvalue weighted by atomic mass is 16.5. The average Bonchev–Trinajstić information content (AvgIpc) is 2.75. The number of hydrogen-bond donors (Lipinski definition) is 1. The molecule has 20 heavy (non-hydrogen) atoms. The molecule has 2 aliphatic heterocycles. The van der Waals surface area contributed by atoms with Crippen LogP contribution in [-0.2, 0) is 14.3 Å². The van der Waals surface area contributed by atoms with Crippen molar-refractivity contribution in [3.63, 3.8) is 0 Å². The Morgan fingerprint density at radius 1 is 1.30 bits per heavy atom. The maximum atomic E-state index is 13.1. The molecular weight excluding hydrogens is 256 g/mol. The Labute approximate surface area is 121 Å². The minimum atomic E-state index is -0.755. The molecule has 2 saturated heterocycles. The van der Waals surface area contributed by atoms with E-state index in [2.05, 4.69) is 5.32 Å². The number of nitrogens with one attached hydrogen (secondary N) is 1. The Kier molecular flexibility index (Phi) is 3.84. The average molecular weight is 282 g/mol. The van der Waals surface area contributed by atoms with E-state index in [4.69, 9.17) is 4.74 Å². The van der Waals surface area contributed by atoms with Gasteiger partial charge in [-0.3, -0.25) is 9.59 Å². The van der Waals surface area contributed by atoms with Crippen molar-refractivity contribution in [1.82, 2.24) is 10.2 Å². The van der Waals surface area contributed by atoms with Crippen LogP contribution < -0.4 is 5.32 Å². The molecule has 2 aliphatic rings. The van der Waals surface area contributed by atoms with Gasteiger partial charge in [0.2, 0.25) is 11.8 Å². The molecule has 0 bridgehead atoms. The van der Waals surface area contributed by atoms with Gasteiger partial charge in [-0.05, 0) is 40.0 Å². The first-order valence-corrected chi connectivity index (χ1v) is 7.59. The number of hydrogen-bond acceptors (Lipinski definition) is 3. The van der Waals surface area contributed by atoms with Gasteiger partial charge in [0.1, 0.15) is 11.6 Å². The van der Waals surface area contributed by atoms with E-state index in [0.717, 1.165) is 6.42 Å². The lowest BCUT2D eigenvalue weighted by atomic mass is 9.82. The van der Waals surface area contributed by atoms with Gasteiger partial charge >= 0.3 is 0 Å². The van der Waals surface area contributed by atoms with Gasteiger partial charge in [0, 0.05) is 6.61 Å². The van der Waals surface area contributed by atoms with Gasteiger partial charge in [0.05, 0.1) is 11.6 Å². The lowest BCUT2D eigenvalue weighted by Gasteiger charge is -2.52. The number of ether oxygens (including phenoxy) is 1. The van der Waals surface area contributed by atoms with E-state index < -0.39 is 17.1 Å². The number of carbonyl (C=O) groups is 2. The fourth-order valence-electron chi connectivity index (χ4n) is 3.46. The van der Waals surface area contributed by atoms with Crippen molar-refractivity contribution in [2.45, 2.75) is 77.1 Å². The Hall–Kier alpha value is -1.10. The molecule has 114 valence electrons. The molecular formula is C15H26N2O3. The topological polar surface area (TPSA) is 58.6 Å². The molecule has 0 radical (unpaired) electrons. The highest BCUT2D eigenvalue weighted by Gasteiger charge is 2.55. The SMILES string of the molecule is CCC1(CC)NC(=O)C(C)N(C2(C)CCOC2C)C1=O. The van der Waals surface area contributed by atoms with Crippen molar-refractivity contribution in [1.29, 1.82) is 0 Å². The van der Waals surface area contributed by atoms with E-state index in [1.54, 1.807) is 11.8 Å². The van der Waals surface area contributed by atoms with Crippen LogP contribution in [0.2, 0.25) is 0 Å². The van der Waals surface area contributed by atoms with Crippen LogP contribution >= 0.6 is 0 Å². The predicted molar refractivity (Wildman–Crippen MR) is 76.2 cm³/mol. The molecule has 1 N–H and O–H groups in total. The highest BCUT2D eigenvalue weighted by Crippen LogP contribution is 2.38. The first-order valence-electron chi connectivity index (χ1n) is 7.59. The second-order valence-corrected chi connectivity index (χ2v) is 6.25. The molecule has 2 rings (SSSR count). The zero-order chi connectivity index (χ0) is 15.1. The van der Waals surface area contributed by atoms with Gasteiger partial charge < -0.3 is 15.0 Å². The summed E-state index contributed by atoms with van der Waals surface area (Å²) in [6.45, 7) is 10.4. The Balaban J connectivity index is 2.44. The molecule has 3 unspecified atom stereocenters. The third kappa shape index (κ3) is 1.94. The summed E-state index contributed by atoms with van der Waals surface area (Å²) in [5, 5.41) is 2.94. The Bertz CT molecular complexity index is 419. The minimum absolute atomic E-state index is 0.0365. The molecule has 0 aromatic heterocycles. The van der Waals surface area contributed by atoms with Gasteiger partial charge in [-0.25, -0.2) is 0 Å². The van der Waals surface area contributed by atoms with E-state index in [0.29, 0.717) is 19.4 Å². The van der Waals surface area contributed by atoms with Gasteiger partial charge in [0.15, 0.2) is 0 Å². The van der Waals surface area contributed by atoms with Crippen molar-refractivity contribution in [2.75, 3.05) is 6.61 Å². The van der Waals surface area contributed by atoms with Crippen LogP contribution in [0.1, 0.15) is 53.9 Å². The van der Waals surface area contributed by atoms with Gasteiger partial charge in [-0.15, -0.1) is 0 Å². The Morgan fingerprint density at radius 2 is 1.90 bits per heavy atom. The molecule has 0 aromatic rings. The Morgan fingerprint density at radius 3 is 2.35 bits per heavy atom. The number of nitrogens with zero attached hydrogens (tertiary/aromatic N) is 1. The van der Waals surface area contributed by atoms with Crippen LogP contribution in [0.4, 0.5) is 0 Å². The summed E-state index contributed by atoms with van der Waals surface area (Å²) < 4.78 is 5.66. The largest absolute Gasteiger partial charge is 0.376 e. The lowest BCUT2D eigenvalue weighted by molar-refractivity contribution is -0.164. The van der Waals surface area contributed by atoms with Crippen LogP contribution in [0, 0.1) is 0 Å². The van der Waals surface area contributed by atoms with E-state index in [1.165, 1.54) is 0 Å². The van der Waals surface area contributed by atoms with E-state index >= 15 is 0 Å². The van der Waals surface area contributed by atoms with Crippen molar-refractivity contribution in [3.8, 4) is 0 Å². The summed E-state index contributed by atoms with van der Waals surface area (Å²) in [7, 11) is 0. The fraction of sp³-hybridized carbons (Fsp3) is 0.867. The molecule has 0 aliphatic carbocycles. The predicted octanol–water partition coefficient (Wildman–Crippen LogP) is 1.46. The van der Waals surface area contributed by atoms with Crippen molar-refractivity contribution >= 4 is 11.8 Å². The fourth-order valence-corrected chi connectivity index (χ4v) is 3.46. The summed E-state index contributed by atoms with van der Waals surface area (Å²) >= 11 is 0. The highest BCUT2D eigenvalue weighted by molar-refractivity contribution is 6.00. The van der Waals surface area contributed by atoms with Gasteiger partial charge in [-0.1, -0.05) is 13.8 Å². The number of carbonyl (C=O) groups excluding carboxylic acids is 2. The van der Waals surface area contributed by atoms with Crippen LogP contribution in [-0.4, -0.2) is 46.5 Å². The van der Waals surface area contributed by atoms with Crippen molar-refractivity contribution < 1.29 is 14.3 Å². The zero-order valence-corrected chi connectivity index (χ0v) is 13.2. The molecule has 2 fully saturated rings. The molecule has 0 aromatic carbocycles. The minimum Gasteiger partial charge on any atom is -0.376 e. The quantitative estimate of drug-likeness (QED) is 0.852. The maximum absolute atomic E-state index is 13.1. The molecule has 2 amide bonds. The third-order valence-electron chi connectivity index (χ3n) is 5.37. The van der Waals surface area contributed by atoms with E-state index in [1.807, 2.05) is 27.7 Å². The van der Waals surface area contributed by atoms with E-state index in [-0.39, 0.29) is 17.9 Å². The molecule has 5 nitrogen and oxygen atoms in total. The van der Waals surface area contributed by atoms with Crippen LogP contribution in [0.3, 0.4) is 0 Å². The maximum Gasteiger partial charge on any atom is 0.249 e. The van der Waals surface area contributed by atoms with Gasteiger partial charge in [0.25, 0.3) is 0 Å². The smallest absolute Gasteiger partial charge is 0.249 e. The summed E-state index contributed by atoms with van der Waals surface area (Å²) in [6.07, 6.45) is 1.96. The van der Waals surface area contributed by atoms with Crippen LogP contribution in [0.5, 0.6) is 0 Å². The zero-order valence-electron chi connectivity index (χ0n) is 13.2. The normalized spacial score (nSPS) is 37.1. The van der Waals surface area contributed by atoms with Crippen molar-refractivity contribution in [3.05, 3.63) is 0 Å². The van der Waals surface area contributed by atoms with Crippen molar-refractivity contribution in [2.24, 2.45) is 0 Å². The summed E-state index contributed by atoms with van der Waals surface area (Å²) in [4.78, 5) is 27.2. The first-order chi connectivity index (χ1) is 9.32. The summed E-state index contributed by atoms with van der Waals surface area (Å²) in [5.41, 5.74) is -1.15. The molecule has 0 saturated carbocycles. The number of rotatable bonds is 3. The molecule has 2 heterocycles. The second-order valence-electron chi connectivity index (χ2n) is 6.25. The standard InChI is InChI=1S/C15H26N2O3/c1-6-15(7-2)13(19)17(10(3)12(18)16-15)14(5)8-9-20-11(14)4/h10-11H,6-9H2,1-5H3,(H,16,18). The summed E-state index contributed by atoms with van der Waals surface area (Å²) in [5.74, 6) is -0.0249. The van der Waals surface area contributed by atoms with Crippen LogP contribution in [0.25, 0.3) is 0 Å². The van der Waals surface area contributed by atoms with Crippen LogP contribution in [0.15, 0.2) is 0 Å². The number of amides is 2. The summed E-state index contributed by atoms with van der Waals surface area (Å²) in [6, 6.07) is -0.442. The first kappa shape index (κ1) is 15.3. The monoisotopic (exact) mass is 282 g/mol.